The molecule has 0 fully saturated rings. The average Bonchev–Trinajstić information content (AvgIpc) is 3.48. The molecule has 0 saturated heterocycles. The van der Waals surface area contributed by atoms with Gasteiger partial charge in [-0.1, -0.05) is 12.1 Å². The van der Waals surface area contributed by atoms with E-state index in [-0.39, 0.29) is 0 Å². The van der Waals surface area contributed by atoms with Crippen molar-refractivity contribution in [1.82, 2.24) is 0 Å². The molecule has 3 nitrogen and oxygen atoms in total. The minimum atomic E-state index is 0.965. The maximum absolute atomic E-state index is 10.5. The van der Waals surface area contributed by atoms with Crippen LogP contribution >= 0.6 is 0 Å². The number of nitrogens with two attached hydrogens (primary N) is 1. The molecule has 2 N–H and O–H groups in total. The van der Waals surface area contributed by atoms with Gasteiger partial charge in [-0.3, -0.25) is 0 Å². The number of rotatable bonds is 1. The van der Waals surface area contributed by atoms with Crippen LogP contribution in [-0.4, -0.2) is 6.08 Å². The number of isocyanates is 1. The minimum Gasteiger partial charge on any atom is -0.398 e. The second-order valence-corrected chi connectivity index (χ2v) is 8.68. The fraction of sp³-hybridized carbons (Fsp3) is 0.480. The molecule has 0 saturated carbocycles. The predicted molar refractivity (Wildman–Crippen MR) is 113 cm³/mol. The van der Waals surface area contributed by atoms with Crippen molar-refractivity contribution < 1.29 is 4.79 Å². The summed E-state index contributed by atoms with van der Waals surface area (Å²) in [4.78, 5) is 14.4. The highest BCUT2D eigenvalue weighted by atomic mass is 16.1. The molecule has 0 heterocycles. The third-order valence-corrected chi connectivity index (χ3v) is 7.12. The number of nitrogen functional groups attached to an aromatic ring is 1. The molecular formula is C25H28N2O. The van der Waals surface area contributed by atoms with E-state index in [1.54, 1.807) is 6.08 Å². The monoisotopic (exact) mass is 372 g/mol. The van der Waals surface area contributed by atoms with E-state index in [0.29, 0.717) is 0 Å². The Morgan fingerprint density at radius 1 is 0.643 bits per heavy atom. The van der Waals surface area contributed by atoms with E-state index in [2.05, 4.69) is 17.1 Å². The predicted octanol–water partition coefficient (Wildman–Crippen LogP) is 4.88. The summed E-state index contributed by atoms with van der Waals surface area (Å²) in [5, 5.41) is 0. The lowest BCUT2D eigenvalue weighted by Crippen LogP contribution is -1.99. The van der Waals surface area contributed by atoms with E-state index >= 15 is 0 Å². The Bertz CT molecular complexity index is 934. The number of benzene rings is 2. The van der Waals surface area contributed by atoms with Crippen LogP contribution in [0.5, 0.6) is 0 Å². The van der Waals surface area contributed by atoms with Gasteiger partial charge in [-0.2, -0.15) is 4.99 Å². The number of aliphatic imine (C=N–C) groups is 1. The van der Waals surface area contributed by atoms with Gasteiger partial charge in [-0.15, -0.1) is 0 Å². The third-order valence-electron chi connectivity index (χ3n) is 7.12. The van der Waals surface area contributed by atoms with Crippen LogP contribution in [0.25, 0.3) is 0 Å². The van der Waals surface area contributed by atoms with Gasteiger partial charge in [0.15, 0.2) is 0 Å². The molecule has 2 aromatic carbocycles. The third kappa shape index (κ3) is 2.89. The topological polar surface area (TPSA) is 55.5 Å². The minimum absolute atomic E-state index is 0.965. The van der Waals surface area contributed by atoms with Crippen molar-refractivity contribution >= 4 is 17.5 Å². The Hall–Kier alpha value is -2.38. The molecule has 0 spiro atoms. The second-order valence-electron chi connectivity index (χ2n) is 8.68. The molecule has 6 rings (SSSR count). The molecule has 0 unspecified atom stereocenters. The van der Waals surface area contributed by atoms with Crippen LogP contribution in [-0.2, 0) is 56.2 Å². The van der Waals surface area contributed by atoms with E-state index in [9.17, 15) is 4.79 Å². The summed E-state index contributed by atoms with van der Waals surface area (Å²) in [7, 11) is 0. The molecule has 0 aromatic heterocycles. The molecule has 0 atom stereocenters. The van der Waals surface area contributed by atoms with Crippen molar-refractivity contribution in [2.45, 2.75) is 77.0 Å². The SMILES string of the molecule is Nc1c2c(cc3c1CCC3)CCC2.O=C=Nc1c2c(cc3c1CCC3)CCC2. The van der Waals surface area contributed by atoms with Crippen LogP contribution in [0, 0.1) is 0 Å². The lowest BCUT2D eigenvalue weighted by Gasteiger charge is -2.10. The van der Waals surface area contributed by atoms with E-state index < -0.39 is 0 Å². The fourth-order valence-electron chi connectivity index (χ4n) is 5.83. The van der Waals surface area contributed by atoms with Gasteiger partial charge in [0.05, 0.1) is 5.69 Å². The lowest BCUT2D eigenvalue weighted by molar-refractivity contribution is 0.565. The number of anilines is 1. The number of fused-ring (bicyclic) bond motifs is 4. The average molecular weight is 373 g/mol. The van der Waals surface area contributed by atoms with Crippen molar-refractivity contribution in [1.29, 1.82) is 0 Å². The summed E-state index contributed by atoms with van der Waals surface area (Å²) in [6, 6.07) is 4.76. The second kappa shape index (κ2) is 7.22. The van der Waals surface area contributed by atoms with Gasteiger partial charge in [-0.05, 0) is 122 Å². The van der Waals surface area contributed by atoms with Gasteiger partial charge in [0, 0.05) is 5.69 Å². The van der Waals surface area contributed by atoms with Crippen LogP contribution < -0.4 is 5.73 Å². The van der Waals surface area contributed by atoms with E-state index in [4.69, 9.17) is 5.73 Å². The highest BCUT2D eigenvalue weighted by Gasteiger charge is 2.24. The maximum atomic E-state index is 10.5. The standard InChI is InChI=1S/C13H13NO.C12H15N/c15-8-14-13-11-5-1-3-9(11)7-10-4-2-6-12(10)13;13-12-10-5-1-3-8(10)7-9-4-2-6-11(9)12/h7H,1-6H2;7H,1-6,13H2. The summed E-state index contributed by atoms with van der Waals surface area (Å²) in [5.74, 6) is 0. The van der Waals surface area contributed by atoms with Crippen molar-refractivity contribution in [2.24, 2.45) is 4.99 Å². The fourth-order valence-corrected chi connectivity index (χ4v) is 5.83. The van der Waals surface area contributed by atoms with Gasteiger partial charge in [0.25, 0.3) is 0 Å². The lowest BCUT2D eigenvalue weighted by atomic mass is 9.99. The first-order valence-electron chi connectivity index (χ1n) is 10.9. The first-order valence-corrected chi connectivity index (χ1v) is 10.9. The Kier molecular flexibility index (Phi) is 4.56. The van der Waals surface area contributed by atoms with Gasteiger partial charge in [-0.25, -0.2) is 4.79 Å². The van der Waals surface area contributed by atoms with E-state index in [1.807, 2.05) is 0 Å². The molecular weight excluding hydrogens is 344 g/mol. The number of nitrogens with zero attached hydrogens (tertiary/aromatic N) is 1. The van der Waals surface area contributed by atoms with Crippen molar-refractivity contribution in [3.8, 4) is 0 Å². The number of carbonyl (C=O) groups excluding carboxylic acids is 1. The van der Waals surface area contributed by atoms with Gasteiger partial charge in [0.2, 0.25) is 6.08 Å². The van der Waals surface area contributed by atoms with Crippen LogP contribution in [0.3, 0.4) is 0 Å². The van der Waals surface area contributed by atoms with Gasteiger partial charge in [0.1, 0.15) is 0 Å². The summed E-state index contributed by atoms with van der Waals surface area (Å²) in [5.41, 5.74) is 19.8. The summed E-state index contributed by atoms with van der Waals surface area (Å²) >= 11 is 0. The molecule has 0 bridgehead atoms. The molecule has 3 heteroatoms. The molecule has 28 heavy (non-hydrogen) atoms. The summed E-state index contributed by atoms with van der Waals surface area (Å²) in [6.07, 6.45) is 16.2. The molecule has 0 amide bonds. The molecule has 144 valence electrons. The highest BCUT2D eigenvalue weighted by Crippen LogP contribution is 2.40. The van der Waals surface area contributed by atoms with E-state index in [1.165, 1.54) is 95.9 Å². The van der Waals surface area contributed by atoms with Crippen molar-refractivity contribution in [3.63, 3.8) is 0 Å². The van der Waals surface area contributed by atoms with Crippen LogP contribution in [0.4, 0.5) is 11.4 Å². The number of aryl methyl sites for hydroxylation is 4. The highest BCUT2D eigenvalue weighted by molar-refractivity contribution is 5.66. The molecule has 4 aliphatic carbocycles. The van der Waals surface area contributed by atoms with Gasteiger partial charge >= 0.3 is 0 Å². The zero-order chi connectivity index (χ0) is 19.1. The largest absolute Gasteiger partial charge is 0.398 e. The smallest absolute Gasteiger partial charge is 0.240 e. The van der Waals surface area contributed by atoms with Crippen molar-refractivity contribution in [2.75, 3.05) is 5.73 Å². The normalized spacial score (nSPS) is 17.9. The van der Waals surface area contributed by atoms with Crippen LogP contribution in [0.1, 0.15) is 70.2 Å². The van der Waals surface area contributed by atoms with E-state index in [0.717, 1.165) is 37.1 Å². The Labute approximate surface area is 167 Å². The maximum Gasteiger partial charge on any atom is 0.240 e. The van der Waals surface area contributed by atoms with Gasteiger partial charge < -0.3 is 5.73 Å². The molecule has 4 aliphatic rings. The number of hydrogen-bond donors (Lipinski definition) is 1. The summed E-state index contributed by atoms with van der Waals surface area (Å²) in [6.45, 7) is 0. The number of hydrogen-bond acceptors (Lipinski definition) is 3. The van der Waals surface area contributed by atoms with Crippen LogP contribution in [0.15, 0.2) is 17.1 Å². The van der Waals surface area contributed by atoms with Crippen molar-refractivity contribution in [3.05, 3.63) is 56.6 Å². The first kappa shape index (κ1) is 17.7. The van der Waals surface area contributed by atoms with Crippen LogP contribution in [0.2, 0.25) is 0 Å². The quantitative estimate of drug-likeness (QED) is 0.441. The zero-order valence-corrected chi connectivity index (χ0v) is 16.6. The zero-order valence-electron chi connectivity index (χ0n) is 16.6. The Balaban J connectivity index is 0.000000123. The Morgan fingerprint density at radius 3 is 1.46 bits per heavy atom. The first-order chi connectivity index (χ1) is 13.8. The Morgan fingerprint density at radius 2 is 1.04 bits per heavy atom. The molecule has 0 radical (unpaired) electrons. The summed E-state index contributed by atoms with van der Waals surface area (Å²) < 4.78 is 0. The molecule has 2 aromatic rings. The molecule has 0 aliphatic heterocycles.